The molecule has 0 heterocycles. The van der Waals surface area contributed by atoms with Gasteiger partial charge in [0.25, 0.3) is 0 Å². The molecule has 0 fully saturated rings. The Bertz CT molecular complexity index is 1400. The highest BCUT2D eigenvalue weighted by molar-refractivity contribution is 7.92. The molecule has 0 bridgehead atoms. The maximum absolute atomic E-state index is 14.0. The Labute approximate surface area is 240 Å². The molecule has 208 valence electrons. The largest absolute Gasteiger partial charge is 0.352 e. The lowest BCUT2D eigenvalue weighted by atomic mass is 10.0. The van der Waals surface area contributed by atoms with Crippen LogP contribution in [0.5, 0.6) is 0 Å². The van der Waals surface area contributed by atoms with Gasteiger partial charge in [-0.05, 0) is 61.7 Å². The van der Waals surface area contributed by atoms with Crippen LogP contribution in [0, 0.1) is 6.92 Å². The van der Waals surface area contributed by atoms with Crippen LogP contribution in [0.1, 0.15) is 30.5 Å². The van der Waals surface area contributed by atoms with E-state index in [1.54, 1.807) is 43.3 Å². The van der Waals surface area contributed by atoms with Crippen molar-refractivity contribution in [1.29, 1.82) is 0 Å². The lowest BCUT2D eigenvalue weighted by Crippen LogP contribution is -2.54. The van der Waals surface area contributed by atoms with Gasteiger partial charge in [0.2, 0.25) is 21.8 Å². The molecular formula is C29H33Cl2N3O4S. The van der Waals surface area contributed by atoms with E-state index in [9.17, 15) is 18.0 Å². The Balaban J connectivity index is 2.06. The molecule has 0 saturated carbocycles. The number of hydrogen-bond acceptors (Lipinski definition) is 4. The molecule has 0 unspecified atom stereocenters. The van der Waals surface area contributed by atoms with E-state index in [0.717, 1.165) is 27.3 Å². The van der Waals surface area contributed by atoms with Crippen LogP contribution < -0.4 is 9.62 Å². The average molecular weight is 591 g/mol. The van der Waals surface area contributed by atoms with Gasteiger partial charge < -0.3 is 10.2 Å². The summed E-state index contributed by atoms with van der Waals surface area (Å²) in [5.74, 6) is -0.868. The highest BCUT2D eigenvalue weighted by Crippen LogP contribution is 2.26. The van der Waals surface area contributed by atoms with Crippen molar-refractivity contribution in [3.63, 3.8) is 0 Å². The van der Waals surface area contributed by atoms with Crippen LogP contribution in [0.4, 0.5) is 5.69 Å². The number of nitrogens with zero attached hydrogens (tertiary/aromatic N) is 2. The number of carbonyl (C=O) groups is 2. The number of aryl methyl sites for hydroxylation is 1. The molecule has 0 radical (unpaired) electrons. The number of anilines is 1. The molecule has 3 rings (SSSR count). The van der Waals surface area contributed by atoms with Crippen molar-refractivity contribution in [2.45, 2.75) is 45.8 Å². The summed E-state index contributed by atoms with van der Waals surface area (Å²) in [5.41, 5.74) is 2.64. The van der Waals surface area contributed by atoms with E-state index in [4.69, 9.17) is 23.2 Å². The average Bonchev–Trinajstić information content (AvgIpc) is 2.87. The van der Waals surface area contributed by atoms with E-state index in [1.165, 1.54) is 11.0 Å². The minimum absolute atomic E-state index is 0.0747. The second kappa shape index (κ2) is 13.3. The summed E-state index contributed by atoms with van der Waals surface area (Å²) in [6, 6.07) is 20.1. The molecule has 39 heavy (non-hydrogen) atoms. The Morgan fingerprint density at radius 2 is 1.56 bits per heavy atom. The minimum atomic E-state index is -3.87. The topological polar surface area (TPSA) is 86.8 Å². The Morgan fingerprint density at radius 1 is 0.923 bits per heavy atom. The first-order valence-corrected chi connectivity index (χ1v) is 15.1. The Morgan fingerprint density at radius 3 is 2.13 bits per heavy atom. The first-order chi connectivity index (χ1) is 18.3. The molecule has 1 atom stereocenters. The molecular weight excluding hydrogens is 557 g/mol. The number of hydrogen-bond donors (Lipinski definition) is 1. The number of nitrogens with one attached hydrogen (secondary N) is 1. The third kappa shape index (κ3) is 8.71. The van der Waals surface area contributed by atoms with Crippen molar-refractivity contribution >= 4 is 50.7 Å². The molecule has 0 spiro atoms. The van der Waals surface area contributed by atoms with Gasteiger partial charge in [-0.1, -0.05) is 71.7 Å². The van der Waals surface area contributed by atoms with Crippen molar-refractivity contribution in [2.75, 3.05) is 17.1 Å². The maximum Gasteiger partial charge on any atom is 0.244 e. The van der Waals surface area contributed by atoms with Gasteiger partial charge in [0, 0.05) is 29.1 Å². The summed E-state index contributed by atoms with van der Waals surface area (Å²) in [6.07, 6.45) is 1.28. The standard InChI is InChI=1S/C29H33Cl2N3O4S/c1-20(2)32-29(36)27(16-22-8-6-5-7-9-22)33(18-23-11-13-24(30)14-12-23)28(35)19-34(39(4,37)38)25-15-10-21(3)26(31)17-25/h5-15,17,20,27H,16,18-19H2,1-4H3,(H,32,36)/t27-/m0/s1. The smallest absolute Gasteiger partial charge is 0.244 e. The maximum atomic E-state index is 14.0. The van der Waals surface area contributed by atoms with Crippen LogP contribution in [0.2, 0.25) is 10.0 Å². The molecule has 0 aliphatic rings. The van der Waals surface area contributed by atoms with E-state index in [2.05, 4.69) is 5.32 Å². The second-order valence-electron chi connectivity index (χ2n) is 9.72. The Kier molecular flexibility index (Phi) is 10.4. The fraction of sp³-hybridized carbons (Fsp3) is 0.310. The van der Waals surface area contributed by atoms with Crippen LogP contribution >= 0.6 is 23.2 Å². The predicted octanol–water partition coefficient (Wildman–Crippen LogP) is 5.23. The lowest BCUT2D eigenvalue weighted by molar-refractivity contribution is -0.140. The fourth-order valence-electron chi connectivity index (χ4n) is 4.07. The molecule has 0 aliphatic carbocycles. The summed E-state index contributed by atoms with van der Waals surface area (Å²) in [7, 11) is -3.87. The number of amides is 2. The van der Waals surface area contributed by atoms with Crippen molar-refractivity contribution in [2.24, 2.45) is 0 Å². The molecule has 3 aromatic rings. The summed E-state index contributed by atoms with van der Waals surface area (Å²) in [4.78, 5) is 28.9. The number of sulfonamides is 1. The van der Waals surface area contributed by atoms with Gasteiger partial charge >= 0.3 is 0 Å². The van der Waals surface area contributed by atoms with E-state index < -0.39 is 28.5 Å². The molecule has 1 N–H and O–H groups in total. The van der Waals surface area contributed by atoms with E-state index in [-0.39, 0.29) is 30.6 Å². The summed E-state index contributed by atoms with van der Waals surface area (Å²) >= 11 is 12.3. The van der Waals surface area contributed by atoms with Crippen LogP contribution in [0.15, 0.2) is 72.8 Å². The van der Waals surface area contributed by atoms with Crippen molar-refractivity contribution < 1.29 is 18.0 Å². The highest BCUT2D eigenvalue weighted by atomic mass is 35.5. The first kappa shape index (κ1) is 30.5. The first-order valence-electron chi connectivity index (χ1n) is 12.5. The number of halogens is 2. The van der Waals surface area contributed by atoms with Gasteiger partial charge in [-0.3, -0.25) is 13.9 Å². The number of benzene rings is 3. The predicted molar refractivity (Wildman–Crippen MR) is 158 cm³/mol. The molecule has 10 heteroatoms. The SMILES string of the molecule is Cc1ccc(N(CC(=O)N(Cc2ccc(Cl)cc2)[C@@H](Cc2ccccc2)C(=O)NC(C)C)S(C)(=O)=O)cc1Cl. The molecule has 3 aromatic carbocycles. The van der Waals surface area contributed by atoms with E-state index >= 15 is 0 Å². The van der Waals surface area contributed by atoms with Crippen molar-refractivity contribution in [3.05, 3.63) is 99.5 Å². The van der Waals surface area contributed by atoms with Gasteiger partial charge in [0.15, 0.2) is 0 Å². The van der Waals surface area contributed by atoms with Crippen LogP contribution in [0.3, 0.4) is 0 Å². The Hall–Kier alpha value is -3.07. The summed E-state index contributed by atoms with van der Waals surface area (Å²) in [6.45, 7) is 5.06. The second-order valence-corrected chi connectivity index (χ2v) is 12.5. The van der Waals surface area contributed by atoms with Gasteiger partial charge in [-0.15, -0.1) is 0 Å². The lowest BCUT2D eigenvalue weighted by Gasteiger charge is -2.34. The van der Waals surface area contributed by atoms with E-state index in [0.29, 0.717) is 10.0 Å². The quantitative estimate of drug-likeness (QED) is 0.331. The number of rotatable bonds is 11. The van der Waals surface area contributed by atoms with Crippen molar-refractivity contribution in [3.8, 4) is 0 Å². The molecule has 0 saturated heterocycles. The van der Waals surface area contributed by atoms with Crippen molar-refractivity contribution in [1.82, 2.24) is 10.2 Å². The molecule has 2 amide bonds. The normalized spacial score (nSPS) is 12.2. The number of carbonyl (C=O) groups excluding carboxylic acids is 2. The monoisotopic (exact) mass is 589 g/mol. The van der Waals surface area contributed by atoms with Crippen LogP contribution in [0.25, 0.3) is 0 Å². The van der Waals surface area contributed by atoms with Gasteiger partial charge in [0.05, 0.1) is 11.9 Å². The molecule has 7 nitrogen and oxygen atoms in total. The highest BCUT2D eigenvalue weighted by Gasteiger charge is 2.33. The van der Waals surface area contributed by atoms with Crippen LogP contribution in [-0.2, 0) is 32.6 Å². The zero-order valence-corrected chi connectivity index (χ0v) is 24.7. The molecule has 0 aliphatic heterocycles. The minimum Gasteiger partial charge on any atom is -0.352 e. The van der Waals surface area contributed by atoms with Crippen LogP contribution in [-0.4, -0.2) is 50.0 Å². The fourth-order valence-corrected chi connectivity index (χ4v) is 5.21. The third-order valence-electron chi connectivity index (χ3n) is 6.09. The third-order valence-corrected chi connectivity index (χ3v) is 7.89. The summed E-state index contributed by atoms with van der Waals surface area (Å²) < 4.78 is 26.7. The molecule has 0 aromatic heterocycles. The zero-order valence-electron chi connectivity index (χ0n) is 22.4. The van der Waals surface area contributed by atoms with E-state index in [1.807, 2.05) is 44.2 Å². The zero-order chi connectivity index (χ0) is 28.7. The van der Waals surface area contributed by atoms with Gasteiger partial charge in [0.1, 0.15) is 12.6 Å². The summed E-state index contributed by atoms with van der Waals surface area (Å²) in [5, 5.41) is 3.84. The van der Waals surface area contributed by atoms with Gasteiger partial charge in [-0.25, -0.2) is 8.42 Å². The van der Waals surface area contributed by atoms with Gasteiger partial charge in [-0.2, -0.15) is 0 Å².